The van der Waals surface area contributed by atoms with Crippen LogP contribution in [-0.4, -0.2) is 28.9 Å². The summed E-state index contributed by atoms with van der Waals surface area (Å²) in [4.78, 5) is 20.4. The fourth-order valence-corrected chi connectivity index (χ4v) is 4.45. The van der Waals surface area contributed by atoms with Crippen LogP contribution < -0.4 is 0 Å². The van der Waals surface area contributed by atoms with Crippen LogP contribution in [-0.2, 0) is 11.2 Å². The van der Waals surface area contributed by atoms with Gasteiger partial charge in [-0.15, -0.1) is 11.3 Å². The van der Waals surface area contributed by atoms with Crippen molar-refractivity contribution in [1.29, 1.82) is 0 Å². The molecule has 0 N–H and O–H groups in total. The van der Waals surface area contributed by atoms with Gasteiger partial charge in [0.2, 0.25) is 5.91 Å². The lowest BCUT2D eigenvalue weighted by atomic mass is 9.97. The maximum Gasteiger partial charge on any atom is 0.222 e. The minimum Gasteiger partial charge on any atom is -0.343 e. The zero-order valence-corrected chi connectivity index (χ0v) is 15.8. The smallest absolute Gasteiger partial charge is 0.222 e. The van der Waals surface area contributed by atoms with Crippen molar-refractivity contribution in [1.82, 2.24) is 9.88 Å². The Kier molecular flexibility index (Phi) is 5.57. The Hall–Kier alpha value is -1.39. The number of nitrogens with zero attached hydrogens (tertiary/aromatic N) is 2. The van der Waals surface area contributed by atoms with Gasteiger partial charge >= 0.3 is 0 Å². The van der Waals surface area contributed by atoms with Crippen molar-refractivity contribution in [2.75, 3.05) is 13.1 Å². The molecule has 0 saturated carbocycles. The molecule has 5 heteroatoms. The van der Waals surface area contributed by atoms with Gasteiger partial charge in [-0.2, -0.15) is 0 Å². The Morgan fingerprint density at radius 1 is 1.33 bits per heavy atom. The molecular formula is C19H23ClN2OS. The van der Waals surface area contributed by atoms with E-state index in [0.29, 0.717) is 12.3 Å². The molecule has 0 unspecified atom stereocenters. The van der Waals surface area contributed by atoms with E-state index in [4.69, 9.17) is 16.6 Å². The highest BCUT2D eigenvalue weighted by molar-refractivity contribution is 7.11. The van der Waals surface area contributed by atoms with Gasteiger partial charge < -0.3 is 4.90 Å². The summed E-state index contributed by atoms with van der Waals surface area (Å²) >= 11 is 7.81. The minimum atomic E-state index is 0.250. The number of hydrogen-bond acceptors (Lipinski definition) is 3. The molecule has 1 aliphatic heterocycles. The molecule has 0 spiro atoms. The number of aryl methyl sites for hydroxylation is 3. The summed E-state index contributed by atoms with van der Waals surface area (Å²) in [6.45, 7) is 5.89. The van der Waals surface area contributed by atoms with E-state index in [1.807, 2.05) is 40.5 Å². The second-order valence-corrected chi connectivity index (χ2v) is 8.15. The summed E-state index contributed by atoms with van der Waals surface area (Å²) in [5.74, 6) is 0.763. The summed E-state index contributed by atoms with van der Waals surface area (Å²) < 4.78 is 0. The van der Waals surface area contributed by atoms with Crippen LogP contribution in [0.3, 0.4) is 0 Å². The Morgan fingerprint density at radius 3 is 2.71 bits per heavy atom. The first-order chi connectivity index (χ1) is 11.5. The first-order valence-corrected chi connectivity index (χ1v) is 9.68. The van der Waals surface area contributed by atoms with E-state index in [0.717, 1.165) is 48.6 Å². The lowest BCUT2D eigenvalue weighted by Crippen LogP contribution is -2.38. The van der Waals surface area contributed by atoms with Gasteiger partial charge in [-0.3, -0.25) is 4.79 Å². The zero-order chi connectivity index (χ0) is 17.1. The van der Waals surface area contributed by atoms with Gasteiger partial charge in [-0.05, 0) is 50.8 Å². The number of aromatic nitrogens is 1. The summed E-state index contributed by atoms with van der Waals surface area (Å²) in [6, 6.07) is 7.76. The first-order valence-electron chi connectivity index (χ1n) is 8.49. The summed E-state index contributed by atoms with van der Waals surface area (Å²) in [7, 11) is 0. The zero-order valence-electron chi connectivity index (χ0n) is 14.2. The molecule has 3 nitrogen and oxygen atoms in total. The van der Waals surface area contributed by atoms with E-state index in [9.17, 15) is 4.79 Å². The molecule has 2 aromatic rings. The van der Waals surface area contributed by atoms with E-state index in [-0.39, 0.29) is 5.91 Å². The fourth-order valence-electron chi connectivity index (χ4n) is 3.15. The van der Waals surface area contributed by atoms with Crippen LogP contribution in [0.1, 0.15) is 46.3 Å². The topological polar surface area (TPSA) is 33.2 Å². The number of rotatable bonds is 4. The van der Waals surface area contributed by atoms with E-state index in [2.05, 4.69) is 13.8 Å². The molecule has 2 heterocycles. The predicted molar refractivity (Wildman–Crippen MR) is 99.9 cm³/mol. The highest BCUT2D eigenvalue weighted by Crippen LogP contribution is 2.32. The van der Waals surface area contributed by atoms with Gasteiger partial charge in [-0.1, -0.05) is 23.7 Å². The van der Waals surface area contributed by atoms with Gasteiger partial charge in [0.05, 0.1) is 10.7 Å². The van der Waals surface area contributed by atoms with Crippen LogP contribution in [0.4, 0.5) is 0 Å². The van der Waals surface area contributed by atoms with Gasteiger partial charge in [0.15, 0.2) is 0 Å². The average molecular weight is 363 g/mol. The molecule has 1 fully saturated rings. The van der Waals surface area contributed by atoms with Crippen molar-refractivity contribution in [3.63, 3.8) is 0 Å². The van der Waals surface area contributed by atoms with Crippen molar-refractivity contribution in [3.8, 4) is 0 Å². The van der Waals surface area contributed by atoms with Crippen LogP contribution in [0.15, 0.2) is 24.3 Å². The third-order valence-electron chi connectivity index (χ3n) is 4.76. The number of piperidine rings is 1. The number of carbonyl (C=O) groups excluding carboxylic acids is 1. The molecule has 1 aromatic heterocycles. The number of carbonyl (C=O) groups is 1. The number of likely N-dealkylation sites (tertiary alicyclic amines) is 1. The molecule has 1 aromatic carbocycles. The van der Waals surface area contributed by atoms with Crippen molar-refractivity contribution < 1.29 is 4.79 Å². The van der Waals surface area contributed by atoms with Gasteiger partial charge in [0.25, 0.3) is 0 Å². The highest BCUT2D eigenvalue weighted by Gasteiger charge is 2.25. The Morgan fingerprint density at radius 2 is 2.08 bits per heavy atom. The second kappa shape index (κ2) is 7.66. The molecule has 3 rings (SSSR count). The summed E-state index contributed by atoms with van der Waals surface area (Å²) in [5.41, 5.74) is 2.27. The lowest BCUT2D eigenvalue weighted by molar-refractivity contribution is -0.132. The van der Waals surface area contributed by atoms with Crippen molar-refractivity contribution in [2.24, 2.45) is 0 Å². The Balaban J connectivity index is 1.50. The maximum atomic E-state index is 12.4. The van der Waals surface area contributed by atoms with Crippen LogP contribution in [0.25, 0.3) is 0 Å². The molecule has 0 bridgehead atoms. The number of halogens is 1. The second-order valence-electron chi connectivity index (χ2n) is 6.48. The molecule has 0 atom stereocenters. The van der Waals surface area contributed by atoms with Gasteiger partial charge in [0, 0.05) is 35.3 Å². The third-order valence-corrected chi connectivity index (χ3v) is 6.23. The van der Waals surface area contributed by atoms with Crippen LogP contribution in [0, 0.1) is 13.8 Å². The number of benzene rings is 1. The molecule has 0 radical (unpaired) electrons. The van der Waals surface area contributed by atoms with Crippen molar-refractivity contribution >= 4 is 28.8 Å². The van der Waals surface area contributed by atoms with E-state index in [1.165, 1.54) is 9.88 Å². The third kappa shape index (κ3) is 4.17. The van der Waals surface area contributed by atoms with Crippen molar-refractivity contribution in [2.45, 2.75) is 45.4 Å². The Labute approximate surface area is 152 Å². The SMILES string of the molecule is Cc1nc(C2CCN(C(=O)CCc3cccc(Cl)c3)CC2)sc1C. The molecular weight excluding hydrogens is 340 g/mol. The minimum absolute atomic E-state index is 0.250. The summed E-state index contributed by atoms with van der Waals surface area (Å²) in [6.07, 6.45) is 3.36. The lowest BCUT2D eigenvalue weighted by Gasteiger charge is -2.31. The number of amides is 1. The van der Waals surface area contributed by atoms with E-state index >= 15 is 0 Å². The van der Waals surface area contributed by atoms with Crippen LogP contribution in [0.2, 0.25) is 5.02 Å². The van der Waals surface area contributed by atoms with E-state index < -0.39 is 0 Å². The molecule has 1 aliphatic rings. The molecule has 1 saturated heterocycles. The highest BCUT2D eigenvalue weighted by atomic mass is 35.5. The quantitative estimate of drug-likeness (QED) is 0.786. The van der Waals surface area contributed by atoms with Crippen LogP contribution >= 0.6 is 22.9 Å². The largest absolute Gasteiger partial charge is 0.343 e. The molecule has 128 valence electrons. The molecule has 0 aliphatic carbocycles. The number of hydrogen-bond donors (Lipinski definition) is 0. The number of thiazole rings is 1. The molecule has 24 heavy (non-hydrogen) atoms. The summed E-state index contributed by atoms with van der Waals surface area (Å²) in [5, 5.41) is 1.98. The van der Waals surface area contributed by atoms with Crippen molar-refractivity contribution in [3.05, 3.63) is 50.4 Å². The fraction of sp³-hybridized carbons (Fsp3) is 0.474. The van der Waals surface area contributed by atoms with Crippen LogP contribution in [0.5, 0.6) is 0 Å². The monoisotopic (exact) mass is 362 g/mol. The normalized spacial score (nSPS) is 15.7. The molecule has 1 amide bonds. The standard InChI is InChI=1S/C19H23ClN2OS/c1-13-14(2)24-19(21-13)16-8-10-22(11-9-16)18(23)7-6-15-4-3-5-17(20)12-15/h3-5,12,16H,6-11H2,1-2H3. The van der Waals surface area contributed by atoms with Gasteiger partial charge in [-0.25, -0.2) is 4.98 Å². The Bertz CT molecular complexity index is 700. The first kappa shape index (κ1) is 17.4. The maximum absolute atomic E-state index is 12.4. The van der Waals surface area contributed by atoms with E-state index in [1.54, 1.807) is 0 Å². The average Bonchev–Trinajstić information content (AvgIpc) is 2.92. The predicted octanol–water partition coefficient (Wildman–Crippen LogP) is 4.75. The van der Waals surface area contributed by atoms with Gasteiger partial charge in [0.1, 0.15) is 0 Å².